The molecule has 6 nitrogen and oxygen atoms in total. The fourth-order valence-electron chi connectivity index (χ4n) is 1.69. The van der Waals surface area contributed by atoms with E-state index in [1.165, 1.54) is 11.8 Å². The van der Waals surface area contributed by atoms with E-state index in [1.54, 1.807) is 12.3 Å². The molecule has 0 aliphatic heterocycles. The van der Waals surface area contributed by atoms with Gasteiger partial charge < -0.3 is 14.3 Å². The predicted molar refractivity (Wildman–Crippen MR) is 81.9 cm³/mol. The lowest BCUT2D eigenvalue weighted by Gasteiger charge is -2.24. The number of rotatable bonds is 6. The van der Waals surface area contributed by atoms with Crippen LogP contribution in [0.2, 0.25) is 0 Å². The summed E-state index contributed by atoms with van der Waals surface area (Å²) >= 11 is 1.36. The van der Waals surface area contributed by atoms with E-state index in [9.17, 15) is 4.79 Å². The van der Waals surface area contributed by atoms with Crippen molar-refractivity contribution in [2.24, 2.45) is 7.05 Å². The van der Waals surface area contributed by atoms with Crippen molar-refractivity contribution in [1.82, 2.24) is 20.1 Å². The smallest absolute Gasteiger partial charge is 0.230 e. The zero-order valence-electron chi connectivity index (χ0n) is 12.7. The number of thioether (sulfide) groups is 1. The average Bonchev–Trinajstić information content (AvgIpc) is 3.05. The zero-order chi connectivity index (χ0) is 15.5. The summed E-state index contributed by atoms with van der Waals surface area (Å²) in [6.07, 6.45) is 2.48. The fraction of sp³-hybridized carbons (Fsp3) is 0.500. The van der Waals surface area contributed by atoms with Crippen LogP contribution in [-0.2, 0) is 11.8 Å². The molecule has 0 aliphatic carbocycles. The van der Waals surface area contributed by atoms with E-state index in [2.05, 4.69) is 15.5 Å². The van der Waals surface area contributed by atoms with Crippen LogP contribution in [-0.4, -0.2) is 32.0 Å². The summed E-state index contributed by atoms with van der Waals surface area (Å²) in [6, 6.07) is 3.63. The van der Waals surface area contributed by atoms with E-state index in [0.29, 0.717) is 22.5 Å². The second-order valence-electron chi connectivity index (χ2n) is 5.42. The van der Waals surface area contributed by atoms with Crippen LogP contribution in [0.25, 0.3) is 11.6 Å². The van der Waals surface area contributed by atoms with Crippen molar-refractivity contribution in [2.75, 3.05) is 5.75 Å². The molecule has 0 aromatic carbocycles. The summed E-state index contributed by atoms with van der Waals surface area (Å²) in [5, 5.41) is 11.9. The average molecular weight is 308 g/mol. The van der Waals surface area contributed by atoms with Gasteiger partial charge in [0.1, 0.15) is 0 Å². The van der Waals surface area contributed by atoms with Gasteiger partial charge in [0.05, 0.1) is 12.0 Å². The fourth-order valence-corrected chi connectivity index (χ4v) is 2.40. The Morgan fingerprint density at radius 3 is 2.86 bits per heavy atom. The summed E-state index contributed by atoms with van der Waals surface area (Å²) in [6.45, 7) is 6.06. The lowest BCUT2D eigenvalue weighted by atomic mass is 10.0. The van der Waals surface area contributed by atoms with E-state index in [1.807, 2.05) is 38.5 Å². The molecule has 0 unspecified atom stereocenters. The molecule has 21 heavy (non-hydrogen) atoms. The minimum atomic E-state index is -0.184. The quantitative estimate of drug-likeness (QED) is 0.830. The van der Waals surface area contributed by atoms with Gasteiger partial charge >= 0.3 is 0 Å². The number of carbonyl (C=O) groups excluding carboxylic acids is 1. The van der Waals surface area contributed by atoms with Gasteiger partial charge in [-0.05, 0) is 32.4 Å². The van der Waals surface area contributed by atoms with Gasteiger partial charge in [0.15, 0.2) is 16.7 Å². The number of hydrogen-bond acceptors (Lipinski definition) is 5. The van der Waals surface area contributed by atoms with Crippen LogP contribution in [0.5, 0.6) is 0 Å². The van der Waals surface area contributed by atoms with Gasteiger partial charge in [0, 0.05) is 12.6 Å². The third-order valence-electron chi connectivity index (χ3n) is 3.27. The molecule has 0 fully saturated rings. The van der Waals surface area contributed by atoms with Crippen LogP contribution in [0.4, 0.5) is 0 Å². The Hall–Kier alpha value is -1.76. The molecule has 1 N–H and O–H groups in total. The van der Waals surface area contributed by atoms with Gasteiger partial charge in [-0.1, -0.05) is 18.7 Å². The van der Waals surface area contributed by atoms with Crippen LogP contribution in [0, 0.1) is 0 Å². The van der Waals surface area contributed by atoms with Crippen molar-refractivity contribution in [2.45, 2.75) is 37.9 Å². The molecule has 114 valence electrons. The van der Waals surface area contributed by atoms with Crippen LogP contribution >= 0.6 is 11.8 Å². The molecule has 2 aromatic rings. The third-order valence-corrected chi connectivity index (χ3v) is 4.29. The van der Waals surface area contributed by atoms with E-state index in [-0.39, 0.29) is 11.4 Å². The lowest BCUT2D eigenvalue weighted by molar-refractivity contribution is -0.120. The molecule has 2 heterocycles. The van der Waals surface area contributed by atoms with E-state index >= 15 is 0 Å². The van der Waals surface area contributed by atoms with Crippen molar-refractivity contribution in [3.05, 3.63) is 18.4 Å². The molecule has 7 heteroatoms. The number of nitrogens with one attached hydrogen (secondary N) is 1. The first-order chi connectivity index (χ1) is 9.93. The van der Waals surface area contributed by atoms with Crippen molar-refractivity contribution < 1.29 is 9.21 Å². The Morgan fingerprint density at radius 2 is 2.24 bits per heavy atom. The molecule has 0 saturated carbocycles. The van der Waals surface area contributed by atoms with Crippen LogP contribution in [0.1, 0.15) is 27.2 Å². The Balaban J connectivity index is 1.97. The zero-order valence-corrected chi connectivity index (χ0v) is 13.5. The summed E-state index contributed by atoms with van der Waals surface area (Å²) in [5.41, 5.74) is -0.184. The Bertz CT molecular complexity index is 605. The molecule has 1 amide bonds. The first kappa shape index (κ1) is 15.6. The van der Waals surface area contributed by atoms with Crippen LogP contribution in [0.3, 0.4) is 0 Å². The molecule has 0 bridgehead atoms. The highest BCUT2D eigenvalue weighted by Crippen LogP contribution is 2.22. The molecule has 0 aliphatic rings. The molecule has 0 spiro atoms. The summed E-state index contributed by atoms with van der Waals surface area (Å²) < 4.78 is 7.13. The Kier molecular flexibility index (Phi) is 4.72. The SMILES string of the molecule is CCC(C)(C)NC(=O)CSc1nnc(-c2ccco2)n1C. The van der Waals surface area contributed by atoms with Gasteiger partial charge in [-0.25, -0.2) is 0 Å². The minimum absolute atomic E-state index is 0.00519. The number of carbonyl (C=O) groups is 1. The maximum Gasteiger partial charge on any atom is 0.230 e. The van der Waals surface area contributed by atoms with Crippen molar-refractivity contribution in [3.8, 4) is 11.6 Å². The largest absolute Gasteiger partial charge is 0.461 e. The highest BCUT2D eigenvalue weighted by atomic mass is 32.2. The first-order valence-electron chi connectivity index (χ1n) is 6.80. The molecular formula is C14H20N4O2S. The molecule has 2 rings (SSSR count). The lowest BCUT2D eigenvalue weighted by Crippen LogP contribution is -2.43. The maximum absolute atomic E-state index is 11.9. The Morgan fingerprint density at radius 1 is 1.48 bits per heavy atom. The monoisotopic (exact) mass is 308 g/mol. The van der Waals surface area contributed by atoms with Crippen molar-refractivity contribution in [3.63, 3.8) is 0 Å². The normalized spacial score (nSPS) is 11.6. The molecule has 0 saturated heterocycles. The second kappa shape index (κ2) is 6.34. The van der Waals surface area contributed by atoms with Gasteiger partial charge in [-0.3, -0.25) is 4.79 Å². The van der Waals surface area contributed by atoms with E-state index in [4.69, 9.17) is 4.42 Å². The van der Waals surface area contributed by atoms with Gasteiger partial charge in [-0.2, -0.15) is 0 Å². The van der Waals surface area contributed by atoms with Gasteiger partial charge in [-0.15, -0.1) is 10.2 Å². The molecule has 0 radical (unpaired) electrons. The molecular weight excluding hydrogens is 288 g/mol. The highest BCUT2D eigenvalue weighted by molar-refractivity contribution is 7.99. The second-order valence-corrected chi connectivity index (χ2v) is 6.36. The maximum atomic E-state index is 11.9. The topological polar surface area (TPSA) is 73.0 Å². The molecule has 2 aromatic heterocycles. The number of amides is 1. The summed E-state index contributed by atoms with van der Waals surface area (Å²) in [4.78, 5) is 11.9. The van der Waals surface area contributed by atoms with Crippen LogP contribution in [0.15, 0.2) is 28.0 Å². The predicted octanol–water partition coefficient (Wildman–Crippen LogP) is 2.47. The number of aromatic nitrogens is 3. The van der Waals surface area contributed by atoms with Crippen LogP contribution < -0.4 is 5.32 Å². The van der Waals surface area contributed by atoms with E-state index < -0.39 is 0 Å². The van der Waals surface area contributed by atoms with Gasteiger partial charge in [0.2, 0.25) is 5.91 Å². The Labute approximate surface area is 128 Å². The minimum Gasteiger partial charge on any atom is -0.461 e. The number of furan rings is 1. The van der Waals surface area contributed by atoms with Crippen molar-refractivity contribution in [1.29, 1.82) is 0 Å². The number of hydrogen-bond donors (Lipinski definition) is 1. The van der Waals surface area contributed by atoms with Crippen molar-refractivity contribution >= 4 is 17.7 Å². The summed E-state index contributed by atoms with van der Waals surface area (Å²) in [5.74, 6) is 1.62. The molecule has 0 atom stereocenters. The van der Waals surface area contributed by atoms with Gasteiger partial charge in [0.25, 0.3) is 0 Å². The van der Waals surface area contributed by atoms with E-state index in [0.717, 1.165) is 6.42 Å². The highest BCUT2D eigenvalue weighted by Gasteiger charge is 2.19. The number of nitrogens with zero attached hydrogens (tertiary/aromatic N) is 3. The standard InChI is InChI=1S/C14H20N4O2S/c1-5-14(2,3)15-11(19)9-21-13-17-16-12(18(13)4)10-7-6-8-20-10/h6-8H,5,9H2,1-4H3,(H,15,19). The first-order valence-corrected chi connectivity index (χ1v) is 7.78. The summed E-state index contributed by atoms with van der Waals surface area (Å²) in [7, 11) is 1.86. The third kappa shape index (κ3) is 3.87.